The van der Waals surface area contributed by atoms with Gasteiger partial charge in [0.1, 0.15) is 5.76 Å². The maximum Gasteiger partial charge on any atom is 0.287 e. The summed E-state index contributed by atoms with van der Waals surface area (Å²) in [5, 5.41) is 7.30. The van der Waals surface area contributed by atoms with E-state index in [4.69, 9.17) is 4.42 Å². The summed E-state index contributed by atoms with van der Waals surface area (Å²) in [4.78, 5) is 14.7. The molecule has 1 unspecified atom stereocenters. The van der Waals surface area contributed by atoms with Crippen LogP contribution in [0.2, 0.25) is 0 Å². The molecule has 0 spiro atoms. The Bertz CT molecular complexity index is 713. The largest absolute Gasteiger partial charge is 0.454 e. The fraction of sp³-hybridized carbons (Fsp3) is 0.579. The second-order valence-electron chi connectivity index (χ2n) is 6.88. The first-order valence-corrected chi connectivity index (χ1v) is 9.17. The van der Waals surface area contributed by atoms with Gasteiger partial charge in [0.2, 0.25) is 0 Å². The molecule has 0 saturated carbocycles. The molecule has 1 amide bonds. The first kappa shape index (κ1) is 17.7. The average Bonchev–Trinajstić information content (AvgIpc) is 3.22. The number of aryl methyl sites for hydroxylation is 2. The molecule has 25 heavy (non-hydrogen) atoms. The third-order valence-electron chi connectivity index (χ3n) is 4.91. The molecule has 0 radical (unpaired) electrons. The molecule has 1 N–H and O–H groups in total. The zero-order valence-electron chi connectivity index (χ0n) is 15.4. The van der Waals surface area contributed by atoms with Gasteiger partial charge in [0.15, 0.2) is 5.76 Å². The predicted molar refractivity (Wildman–Crippen MR) is 96.6 cm³/mol. The lowest BCUT2D eigenvalue weighted by atomic mass is 10.1. The summed E-state index contributed by atoms with van der Waals surface area (Å²) in [7, 11) is 0. The van der Waals surface area contributed by atoms with Gasteiger partial charge in [0, 0.05) is 12.2 Å². The van der Waals surface area contributed by atoms with Gasteiger partial charge >= 0.3 is 0 Å². The third kappa shape index (κ3) is 4.31. The standard InChI is InChI=1S/C19H28N4O2/c1-14-13-15(2)23(21-14)12-9-20-19(24)18-8-7-17(25-18)16(3)22-10-5-4-6-11-22/h7-8,13,16H,4-6,9-12H2,1-3H3,(H,20,24). The van der Waals surface area contributed by atoms with E-state index < -0.39 is 0 Å². The highest BCUT2D eigenvalue weighted by atomic mass is 16.4. The number of piperidine rings is 1. The Morgan fingerprint density at radius 3 is 2.72 bits per heavy atom. The zero-order chi connectivity index (χ0) is 17.8. The quantitative estimate of drug-likeness (QED) is 0.875. The van der Waals surface area contributed by atoms with Gasteiger partial charge in [-0.2, -0.15) is 5.10 Å². The van der Waals surface area contributed by atoms with Crippen molar-refractivity contribution in [3.05, 3.63) is 41.1 Å². The number of hydrogen-bond donors (Lipinski definition) is 1. The maximum absolute atomic E-state index is 12.3. The van der Waals surface area contributed by atoms with Gasteiger partial charge < -0.3 is 9.73 Å². The minimum atomic E-state index is -0.168. The molecular weight excluding hydrogens is 316 g/mol. The molecule has 3 rings (SSSR count). The van der Waals surface area contributed by atoms with Crippen molar-refractivity contribution >= 4 is 5.91 Å². The second-order valence-corrected chi connectivity index (χ2v) is 6.88. The van der Waals surface area contributed by atoms with Crippen LogP contribution in [0.25, 0.3) is 0 Å². The normalized spacial score (nSPS) is 16.8. The molecule has 1 atom stereocenters. The minimum absolute atomic E-state index is 0.168. The number of carbonyl (C=O) groups is 1. The number of amides is 1. The minimum Gasteiger partial charge on any atom is -0.454 e. The van der Waals surface area contributed by atoms with E-state index >= 15 is 0 Å². The van der Waals surface area contributed by atoms with E-state index in [1.165, 1.54) is 19.3 Å². The van der Waals surface area contributed by atoms with Crippen molar-refractivity contribution in [2.45, 2.75) is 52.6 Å². The summed E-state index contributed by atoms with van der Waals surface area (Å²) in [5.41, 5.74) is 2.09. The van der Waals surface area contributed by atoms with Gasteiger partial charge in [-0.15, -0.1) is 0 Å². The van der Waals surface area contributed by atoms with Crippen molar-refractivity contribution < 1.29 is 9.21 Å². The number of aromatic nitrogens is 2. The van der Waals surface area contributed by atoms with Crippen LogP contribution in [0.15, 0.2) is 22.6 Å². The number of likely N-dealkylation sites (tertiary alicyclic amines) is 1. The summed E-state index contributed by atoms with van der Waals surface area (Å²) >= 11 is 0. The molecule has 0 bridgehead atoms. The molecule has 1 saturated heterocycles. The van der Waals surface area contributed by atoms with Crippen molar-refractivity contribution in [3.63, 3.8) is 0 Å². The molecule has 1 aliphatic rings. The first-order valence-electron chi connectivity index (χ1n) is 9.17. The molecule has 1 aliphatic heterocycles. The summed E-state index contributed by atoms with van der Waals surface area (Å²) in [6.45, 7) is 9.52. The molecule has 0 aliphatic carbocycles. The Balaban J connectivity index is 1.52. The number of carbonyl (C=O) groups excluding carboxylic acids is 1. The van der Waals surface area contributed by atoms with Gasteiger partial charge in [0.05, 0.1) is 18.3 Å². The SMILES string of the molecule is Cc1cc(C)n(CCNC(=O)c2ccc(C(C)N3CCCCC3)o2)n1. The van der Waals surface area contributed by atoms with E-state index in [2.05, 4.69) is 22.2 Å². The number of nitrogens with one attached hydrogen (secondary N) is 1. The lowest BCUT2D eigenvalue weighted by molar-refractivity contribution is 0.0915. The van der Waals surface area contributed by atoms with E-state index in [-0.39, 0.29) is 11.9 Å². The lowest BCUT2D eigenvalue weighted by Gasteiger charge is -2.31. The first-order chi connectivity index (χ1) is 12.0. The van der Waals surface area contributed by atoms with Crippen LogP contribution >= 0.6 is 0 Å². The van der Waals surface area contributed by atoms with Crippen LogP contribution in [0.4, 0.5) is 0 Å². The third-order valence-corrected chi connectivity index (χ3v) is 4.91. The highest BCUT2D eigenvalue weighted by molar-refractivity contribution is 5.91. The van der Waals surface area contributed by atoms with Crippen LogP contribution < -0.4 is 5.32 Å². The van der Waals surface area contributed by atoms with Crippen LogP contribution in [-0.2, 0) is 6.54 Å². The van der Waals surface area contributed by atoms with E-state index in [1.807, 2.05) is 30.7 Å². The highest BCUT2D eigenvalue weighted by Crippen LogP contribution is 2.25. The second kappa shape index (κ2) is 7.87. The Labute approximate surface area is 149 Å². The van der Waals surface area contributed by atoms with Crippen molar-refractivity contribution in [2.24, 2.45) is 0 Å². The fourth-order valence-corrected chi connectivity index (χ4v) is 3.45. The van der Waals surface area contributed by atoms with E-state index in [0.29, 0.717) is 18.8 Å². The Morgan fingerprint density at radius 2 is 2.04 bits per heavy atom. The van der Waals surface area contributed by atoms with E-state index in [0.717, 1.165) is 30.2 Å². The molecular formula is C19H28N4O2. The molecule has 2 aromatic heterocycles. The fourth-order valence-electron chi connectivity index (χ4n) is 3.45. The number of rotatable bonds is 6. The van der Waals surface area contributed by atoms with Gasteiger partial charge in [-0.1, -0.05) is 6.42 Å². The Kier molecular flexibility index (Phi) is 5.58. The van der Waals surface area contributed by atoms with Crippen molar-refractivity contribution in [3.8, 4) is 0 Å². The summed E-state index contributed by atoms with van der Waals surface area (Å²) in [6, 6.07) is 5.95. The van der Waals surface area contributed by atoms with Gasteiger partial charge in [0.25, 0.3) is 5.91 Å². The lowest BCUT2D eigenvalue weighted by Crippen LogP contribution is -2.32. The molecule has 0 aromatic carbocycles. The predicted octanol–water partition coefficient (Wildman–Crippen LogP) is 3.07. The summed E-state index contributed by atoms with van der Waals surface area (Å²) < 4.78 is 7.72. The summed E-state index contributed by atoms with van der Waals surface area (Å²) in [6.07, 6.45) is 3.79. The highest BCUT2D eigenvalue weighted by Gasteiger charge is 2.22. The number of hydrogen-bond acceptors (Lipinski definition) is 4. The van der Waals surface area contributed by atoms with Crippen molar-refractivity contribution in [1.29, 1.82) is 0 Å². The molecule has 6 nitrogen and oxygen atoms in total. The van der Waals surface area contributed by atoms with Crippen LogP contribution in [0.1, 0.15) is 59.9 Å². The molecule has 1 fully saturated rings. The monoisotopic (exact) mass is 344 g/mol. The smallest absolute Gasteiger partial charge is 0.287 e. The van der Waals surface area contributed by atoms with Crippen LogP contribution in [0, 0.1) is 13.8 Å². The molecule has 2 aromatic rings. The number of nitrogens with zero attached hydrogens (tertiary/aromatic N) is 3. The topological polar surface area (TPSA) is 63.3 Å². The number of furan rings is 1. The van der Waals surface area contributed by atoms with Crippen LogP contribution in [0.5, 0.6) is 0 Å². The average molecular weight is 344 g/mol. The van der Waals surface area contributed by atoms with Crippen molar-refractivity contribution in [1.82, 2.24) is 20.0 Å². The van der Waals surface area contributed by atoms with E-state index in [9.17, 15) is 4.79 Å². The molecule has 3 heterocycles. The maximum atomic E-state index is 12.3. The Morgan fingerprint density at radius 1 is 1.28 bits per heavy atom. The van der Waals surface area contributed by atoms with Crippen LogP contribution in [-0.4, -0.2) is 40.2 Å². The van der Waals surface area contributed by atoms with Gasteiger partial charge in [-0.05, 0) is 64.9 Å². The van der Waals surface area contributed by atoms with Crippen LogP contribution in [0.3, 0.4) is 0 Å². The Hall–Kier alpha value is -2.08. The van der Waals surface area contributed by atoms with Gasteiger partial charge in [-0.3, -0.25) is 14.4 Å². The van der Waals surface area contributed by atoms with E-state index in [1.54, 1.807) is 6.07 Å². The zero-order valence-corrected chi connectivity index (χ0v) is 15.4. The molecule has 136 valence electrons. The summed E-state index contributed by atoms with van der Waals surface area (Å²) in [5.74, 6) is 1.08. The van der Waals surface area contributed by atoms with Crippen molar-refractivity contribution in [2.75, 3.05) is 19.6 Å². The molecule has 6 heteroatoms. The van der Waals surface area contributed by atoms with Gasteiger partial charge in [-0.25, -0.2) is 0 Å².